The van der Waals surface area contributed by atoms with Crippen molar-refractivity contribution in [3.63, 3.8) is 0 Å². The average Bonchev–Trinajstić information content (AvgIpc) is 2.89. The standard InChI is InChI=1S/C25H24Cl2N6O4S/c1-37-33-24-17(14-16(25(33)34)21-18(26)7-5-8-19(21)27)22(28)29-23(30-24)15-6-3-4-9-20(15)31-10-12-32(13-11-31)38(2,35)36/h3-9,14H,10-13H2,1-2H3,(H2,28,29,30). The Morgan fingerprint density at radius 3 is 2.24 bits per heavy atom. The number of benzene rings is 2. The van der Waals surface area contributed by atoms with Gasteiger partial charge in [0.2, 0.25) is 10.0 Å². The van der Waals surface area contributed by atoms with Crippen LogP contribution >= 0.6 is 23.2 Å². The van der Waals surface area contributed by atoms with E-state index in [-0.39, 0.29) is 17.0 Å². The molecule has 198 valence electrons. The number of nitrogen functional groups attached to an aromatic ring is 1. The molecule has 0 atom stereocenters. The molecule has 0 amide bonds. The number of fused-ring (bicyclic) bond motifs is 1. The molecule has 5 rings (SSSR count). The monoisotopic (exact) mass is 574 g/mol. The number of halogens is 2. The Bertz CT molecular complexity index is 1700. The predicted molar refractivity (Wildman–Crippen MR) is 150 cm³/mol. The highest BCUT2D eigenvalue weighted by molar-refractivity contribution is 7.88. The molecule has 0 radical (unpaired) electrons. The third-order valence-electron chi connectivity index (χ3n) is 6.46. The van der Waals surface area contributed by atoms with Crippen LogP contribution in [-0.4, -0.2) is 67.0 Å². The predicted octanol–water partition coefficient (Wildman–Crippen LogP) is 3.15. The summed E-state index contributed by atoms with van der Waals surface area (Å²) in [6, 6.07) is 14.0. The second kappa shape index (κ2) is 10.1. The highest BCUT2D eigenvalue weighted by Crippen LogP contribution is 2.36. The van der Waals surface area contributed by atoms with Gasteiger partial charge >= 0.3 is 0 Å². The highest BCUT2D eigenvalue weighted by Gasteiger charge is 2.26. The number of piperazine rings is 1. The van der Waals surface area contributed by atoms with Crippen molar-refractivity contribution in [1.29, 1.82) is 0 Å². The van der Waals surface area contributed by atoms with Crippen LogP contribution in [0.5, 0.6) is 0 Å². The van der Waals surface area contributed by atoms with Gasteiger partial charge in [0.15, 0.2) is 11.5 Å². The van der Waals surface area contributed by atoms with E-state index in [9.17, 15) is 13.2 Å². The van der Waals surface area contributed by atoms with E-state index in [2.05, 4.69) is 14.9 Å². The third kappa shape index (κ3) is 4.66. The topological polar surface area (TPSA) is 124 Å². The number of aromatic nitrogens is 3. The zero-order chi connectivity index (χ0) is 27.2. The number of hydrogen-bond acceptors (Lipinski definition) is 8. The Kier molecular flexibility index (Phi) is 6.95. The summed E-state index contributed by atoms with van der Waals surface area (Å²) in [6.07, 6.45) is 1.21. The fourth-order valence-electron chi connectivity index (χ4n) is 4.60. The van der Waals surface area contributed by atoms with E-state index < -0.39 is 15.6 Å². The number of hydrogen-bond donors (Lipinski definition) is 1. The molecule has 0 spiro atoms. The lowest BCUT2D eigenvalue weighted by atomic mass is 10.1. The lowest BCUT2D eigenvalue weighted by Crippen LogP contribution is -2.48. The summed E-state index contributed by atoms with van der Waals surface area (Å²) in [5, 5.41) is 0.996. The first-order chi connectivity index (χ1) is 18.1. The van der Waals surface area contributed by atoms with Crippen LogP contribution < -0.4 is 21.0 Å². The molecule has 2 N–H and O–H groups in total. The van der Waals surface area contributed by atoms with Crippen LogP contribution in [0.3, 0.4) is 0 Å². The third-order valence-corrected chi connectivity index (χ3v) is 8.39. The molecular weight excluding hydrogens is 551 g/mol. The average molecular weight is 575 g/mol. The molecule has 1 fully saturated rings. The van der Waals surface area contributed by atoms with Crippen molar-refractivity contribution in [2.75, 3.05) is 50.2 Å². The fourth-order valence-corrected chi connectivity index (χ4v) is 6.03. The molecule has 38 heavy (non-hydrogen) atoms. The molecule has 10 nitrogen and oxygen atoms in total. The largest absolute Gasteiger partial charge is 0.412 e. The summed E-state index contributed by atoms with van der Waals surface area (Å²) in [5.74, 6) is 0.432. The van der Waals surface area contributed by atoms with Crippen molar-refractivity contribution in [1.82, 2.24) is 19.0 Å². The van der Waals surface area contributed by atoms with Gasteiger partial charge in [0.1, 0.15) is 12.9 Å². The second-order valence-corrected chi connectivity index (χ2v) is 11.6. The molecule has 0 saturated carbocycles. The van der Waals surface area contributed by atoms with E-state index in [4.69, 9.17) is 33.8 Å². The summed E-state index contributed by atoms with van der Waals surface area (Å²) < 4.78 is 26.4. The molecule has 0 unspecified atom stereocenters. The van der Waals surface area contributed by atoms with Gasteiger partial charge in [-0.1, -0.05) is 41.4 Å². The van der Waals surface area contributed by atoms with Crippen LogP contribution in [0, 0.1) is 0 Å². The van der Waals surface area contributed by atoms with Gasteiger partial charge in [-0.05, 0) is 30.3 Å². The second-order valence-electron chi connectivity index (χ2n) is 8.77. The molecule has 3 heterocycles. The minimum atomic E-state index is -3.26. The summed E-state index contributed by atoms with van der Waals surface area (Å²) in [5.41, 5.74) is 8.15. The maximum atomic E-state index is 13.5. The van der Waals surface area contributed by atoms with Gasteiger partial charge in [-0.3, -0.25) is 4.79 Å². The van der Waals surface area contributed by atoms with Gasteiger partial charge in [-0.2, -0.15) is 4.31 Å². The van der Waals surface area contributed by atoms with Gasteiger partial charge in [-0.25, -0.2) is 18.4 Å². The summed E-state index contributed by atoms with van der Waals surface area (Å²) >= 11 is 12.8. The molecule has 13 heteroatoms. The summed E-state index contributed by atoms with van der Waals surface area (Å²) in [7, 11) is -1.91. The maximum Gasteiger partial charge on any atom is 0.293 e. The zero-order valence-electron chi connectivity index (χ0n) is 20.6. The van der Waals surface area contributed by atoms with E-state index in [1.165, 1.54) is 17.7 Å². The van der Waals surface area contributed by atoms with Gasteiger partial charge in [0.25, 0.3) is 5.56 Å². The Morgan fingerprint density at radius 1 is 0.947 bits per heavy atom. The smallest absolute Gasteiger partial charge is 0.293 e. The van der Waals surface area contributed by atoms with Crippen LogP contribution in [0.15, 0.2) is 53.3 Å². The molecule has 1 aliphatic rings. The van der Waals surface area contributed by atoms with Crippen LogP contribution in [0.4, 0.5) is 11.5 Å². The Balaban J connectivity index is 1.63. The van der Waals surface area contributed by atoms with Gasteiger partial charge < -0.3 is 15.5 Å². The Morgan fingerprint density at radius 2 is 1.61 bits per heavy atom. The number of anilines is 2. The minimum absolute atomic E-state index is 0.136. The van der Waals surface area contributed by atoms with E-state index in [0.717, 1.165) is 10.4 Å². The van der Waals surface area contributed by atoms with Crippen molar-refractivity contribution in [2.45, 2.75) is 0 Å². The van der Waals surface area contributed by atoms with Crippen LogP contribution in [0.25, 0.3) is 33.5 Å². The first kappa shape index (κ1) is 26.2. The quantitative estimate of drug-likeness (QED) is 0.385. The molecular formula is C25H24Cl2N6O4S. The zero-order valence-corrected chi connectivity index (χ0v) is 22.9. The van der Waals surface area contributed by atoms with Crippen LogP contribution in [-0.2, 0) is 10.0 Å². The van der Waals surface area contributed by atoms with Crippen molar-refractivity contribution in [3.05, 3.63) is 68.9 Å². The number of para-hydroxylation sites is 1. The molecule has 1 saturated heterocycles. The maximum absolute atomic E-state index is 13.5. The first-order valence-electron chi connectivity index (χ1n) is 11.6. The van der Waals surface area contributed by atoms with Gasteiger partial charge in [0, 0.05) is 43.0 Å². The Labute approximate surface area is 229 Å². The molecule has 2 aromatic carbocycles. The van der Waals surface area contributed by atoms with Crippen molar-refractivity contribution >= 4 is 55.8 Å². The number of nitrogens with zero attached hydrogens (tertiary/aromatic N) is 5. The number of pyridine rings is 1. The minimum Gasteiger partial charge on any atom is -0.412 e. The molecule has 2 aromatic heterocycles. The molecule has 4 aromatic rings. The van der Waals surface area contributed by atoms with E-state index in [0.29, 0.717) is 58.6 Å². The lowest BCUT2D eigenvalue weighted by Gasteiger charge is -2.35. The van der Waals surface area contributed by atoms with Crippen molar-refractivity contribution in [3.8, 4) is 22.5 Å². The number of sulfonamides is 1. The fraction of sp³-hybridized carbons (Fsp3) is 0.240. The highest BCUT2D eigenvalue weighted by atomic mass is 35.5. The summed E-state index contributed by atoms with van der Waals surface area (Å²) in [6.45, 7) is 1.73. The van der Waals surface area contributed by atoms with E-state index in [1.807, 2.05) is 24.3 Å². The van der Waals surface area contributed by atoms with Crippen molar-refractivity contribution < 1.29 is 13.3 Å². The number of nitrogens with two attached hydrogens (primary N) is 1. The van der Waals surface area contributed by atoms with E-state index >= 15 is 0 Å². The first-order valence-corrected chi connectivity index (χ1v) is 14.2. The summed E-state index contributed by atoms with van der Waals surface area (Å²) in [4.78, 5) is 30.2. The van der Waals surface area contributed by atoms with Crippen LogP contribution in [0.1, 0.15) is 0 Å². The lowest BCUT2D eigenvalue weighted by molar-refractivity contribution is 0.168. The molecule has 0 bridgehead atoms. The molecule has 0 aliphatic carbocycles. The normalized spacial score (nSPS) is 14.7. The van der Waals surface area contributed by atoms with Gasteiger partial charge in [-0.15, -0.1) is 4.73 Å². The van der Waals surface area contributed by atoms with Gasteiger partial charge in [0.05, 0.1) is 27.3 Å². The van der Waals surface area contributed by atoms with Crippen LogP contribution in [0.2, 0.25) is 10.0 Å². The number of rotatable bonds is 5. The SMILES string of the molecule is COn1c(=O)c(-c2c(Cl)cccc2Cl)cc2c(N)nc(-c3ccccc3N3CCN(S(C)(=O)=O)CC3)nc21. The molecule has 1 aliphatic heterocycles. The Hall–Kier alpha value is -3.38. The van der Waals surface area contributed by atoms with Crippen molar-refractivity contribution in [2.24, 2.45) is 0 Å². The van der Waals surface area contributed by atoms with E-state index in [1.54, 1.807) is 24.3 Å².